The summed E-state index contributed by atoms with van der Waals surface area (Å²) >= 11 is 1.05. The van der Waals surface area contributed by atoms with Crippen molar-refractivity contribution < 1.29 is 26.3 Å². The van der Waals surface area contributed by atoms with Crippen molar-refractivity contribution in [1.29, 1.82) is 0 Å². The minimum absolute atomic E-state index is 0.0433. The Hall–Kier alpha value is -2.78. The maximum absolute atomic E-state index is 14.2. The predicted octanol–water partition coefficient (Wildman–Crippen LogP) is 4.38. The predicted molar refractivity (Wildman–Crippen MR) is 157 cm³/mol. The molecule has 8 rings (SSSR count). The van der Waals surface area contributed by atoms with Crippen LogP contribution in [0.3, 0.4) is 0 Å². The standard InChI is InChI=1S/C29H31F3N6O3S2/c30-29(31,32)22-11-34-28(35-23-4-3-18(8-21(23)16-1-2-16)38-12-17-7-19(38)10-33-17)36-27(22)24-9-26-25(42-24)13-37(20-14-41-15-20)5-6-43(26,39)40/h3-4,8-9,11,16-17,19-20,33H,1-2,5-7,10,12-15H2,(H,34,35,36)/t17-,19-/m1/s1. The molecule has 4 aliphatic heterocycles. The molecule has 5 aliphatic rings. The highest BCUT2D eigenvalue weighted by Gasteiger charge is 2.40. The molecule has 1 aliphatic carbocycles. The van der Waals surface area contributed by atoms with Crippen molar-refractivity contribution in [3.8, 4) is 10.6 Å². The van der Waals surface area contributed by atoms with Gasteiger partial charge >= 0.3 is 6.18 Å². The van der Waals surface area contributed by atoms with Crippen LogP contribution in [-0.2, 0) is 27.3 Å². The number of aromatic nitrogens is 2. The summed E-state index contributed by atoms with van der Waals surface area (Å²) in [6, 6.07) is 8.70. The second-order valence-electron chi connectivity index (χ2n) is 12.2. The fourth-order valence-electron chi connectivity index (χ4n) is 6.67. The van der Waals surface area contributed by atoms with E-state index >= 15 is 0 Å². The number of anilines is 3. The van der Waals surface area contributed by atoms with Crippen LogP contribution >= 0.6 is 11.3 Å². The lowest BCUT2D eigenvalue weighted by atomic mass is 10.1. The molecule has 228 valence electrons. The Morgan fingerprint density at radius 1 is 1.14 bits per heavy atom. The van der Waals surface area contributed by atoms with Gasteiger partial charge in [0.1, 0.15) is 5.56 Å². The number of piperazine rings is 1. The van der Waals surface area contributed by atoms with Gasteiger partial charge in [-0.3, -0.25) is 4.90 Å². The van der Waals surface area contributed by atoms with E-state index in [1.54, 1.807) is 0 Å². The van der Waals surface area contributed by atoms with Crippen molar-refractivity contribution >= 4 is 38.5 Å². The lowest BCUT2D eigenvalue weighted by Gasteiger charge is -2.36. The zero-order chi connectivity index (χ0) is 29.5. The maximum Gasteiger partial charge on any atom is 0.420 e. The summed E-state index contributed by atoms with van der Waals surface area (Å²) in [6.07, 6.45) is -0.662. The number of sulfone groups is 1. The maximum atomic E-state index is 14.2. The summed E-state index contributed by atoms with van der Waals surface area (Å²) in [4.78, 5) is 13.7. The molecule has 3 aromatic rings. The van der Waals surface area contributed by atoms with E-state index < -0.39 is 21.6 Å². The monoisotopic (exact) mass is 632 g/mol. The number of rotatable bonds is 6. The molecule has 4 fully saturated rings. The first-order valence-corrected chi connectivity index (χ1v) is 17.1. The van der Waals surface area contributed by atoms with Crippen molar-refractivity contribution in [2.45, 2.75) is 60.9 Å². The van der Waals surface area contributed by atoms with Crippen LogP contribution in [0.2, 0.25) is 0 Å². The van der Waals surface area contributed by atoms with Gasteiger partial charge in [-0.15, -0.1) is 11.3 Å². The Balaban J connectivity index is 1.14. The van der Waals surface area contributed by atoms with Gasteiger partial charge in [-0.2, -0.15) is 13.2 Å². The first kappa shape index (κ1) is 27.7. The number of nitrogens with one attached hydrogen (secondary N) is 2. The van der Waals surface area contributed by atoms with Crippen LogP contribution < -0.4 is 15.5 Å². The summed E-state index contributed by atoms with van der Waals surface area (Å²) in [6.45, 7) is 3.70. The number of fused-ring (bicyclic) bond motifs is 3. The average molecular weight is 633 g/mol. The van der Waals surface area contributed by atoms with Gasteiger partial charge in [0.15, 0.2) is 9.84 Å². The minimum atomic E-state index is -4.71. The van der Waals surface area contributed by atoms with Gasteiger partial charge in [-0.25, -0.2) is 18.4 Å². The van der Waals surface area contributed by atoms with Gasteiger partial charge in [0.2, 0.25) is 5.95 Å². The fourth-order valence-corrected chi connectivity index (χ4v) is 9.74. The molecule has 9 nitrogen and oxygen atoms in total. The van der Waals surface area contributed by atoms with E-state index in [4.69, 9.17) is 4.74 Å². The second kappa shape index (κ2) is 10.1. The number of alkyl halides is 3. The molecule has 43 heavy (non-hydrogen) atoms. The number of hydrogen-bond acceptors (Lipinski definition) is 10. The highest BCUT2D eigenvalue weighted by molar-refractivity contribution is 7.91. The summed E-state index contributed by atoms with van der Waals surface area (Å²) in [5, 5.41) is 6.73. The van der Waals surface area contributed by atoms with Gasteiger partial charge in [0, 0.05) is 60.7 Å². The van der Waals surface area contributed by atoms with Crippen LogP contribution in [0.5, 0.6) is 0 Å². The largest absolute Gasteiger partial charge is 0.420 e. The number of benzene rings is 1. The summed E-state index contributed by atoms with van der Waals surface area (Å²) in [7, 11) is -3.67. The number of nitrogens with zero attached hydrogens (tertiary/aromatic N) is 4. The van der Waals surface area contributed by atoms with E-state index in [0.717, 1.165) is 61.1 Å². The Morgan fingerprint density at radius 2 is 1.98 bits per heavy atom. The highest BCUT2D eigenvalue weighted by atomic mass is 32.2. The molecule has 1 aromatic carbocycles. The Kier molecular flexibility index (Phi) is 6.53. The molecular weight excluding hydrogens is 601 g/mol. The van der Waals surface area contributed by atoms with Crippen LogP contribution in [0.1, 0.15) is 41.2 Å². The Bertz CT molecular complexity index is 1690. The molecule has 0 unspecified atom stereocenters. The zero-order valence-corrected chi connectivity index (χ0v) is 24.9. The number of hydrogen-bond donors (Lipinski definition) is 2. The van der Waals surface area contributed by atoms with E-state index in [2.05, 4.69) is 37.6 Å². The lowest BCUT2D eigenvalue weighted by molar-refractivity contribution is -0.137. The third-order valence-electron chi connectivity index (χ3n) is 9.25. The third kappa shape index (κ3) is 5.10. The van der Waals surface area contributed by atoms with E-state index in [1.165, 1.54) is 11.8 Å². The smallest absolute Gasteiger partial charge is 0.378 e. The lowest BCUT2D eigenvalue weighted by Crippen LogP contribution is -2.49. The fraction of sp³-hybridized carbons (Fsp3) is 0.517. The molecule has 2 bridgehead atoms. The summed E-state index contributed by atoms with van der Waals surface area (Å²) in [5.41, 5.74) is 1.75. The van der Waals surface area contributed by atoms with Crippen molar-refractivity contribution in [2.24, 2.45) is 0 Å². The molecule has 0 spiro atoms. The first-order valence-electron chi connectivity index (χ1n) is 14.7. The van der Waals surface area contributed by atoms with Crippen LogP contribution in [0, 0.1) is 0 Å². The van der Waals surface area contributed by atoms with Crippen molar-refractivity contribution in [1.82, 2.24) is 20.2 Å². The summed E-state index contributed by atoms with van der Waals surface area (Å²) in [5.74, 6) is 0.336. The van der Waals surface area contributed by atoms with Gasteiger partial charge in [0.25, 0.3) is 0 Å². The van der Waals surface area contributed by atoms with Crippen LogP contribution in [0.25, 0.3) is 10.6 Å². The molecule has 0 amide bonds. The van der Waals surface area contributed by atoms with Crippen molar-refractivity contribution in [3.05, 3.63) is 46.5 Å². The van der Waals surface area contributed by atoms with Gasteiger partial charge in [-0.05, 0) is 55.0 Å². The van der Waals surface area contributed by atoms with Crippen molar-refractivity contribution in [3.63, 3.8) is 0 Å². The highest BCUT2D eigenvalue weighted by Crippen LogP contribution is 2.47. The molecular formula is C29H31F3N6O3S2. The first-order chi connectivity index (χ1) is 20.6. The molecule has 2 aromatic heterocycles. The van der Waals surface area contributed by atoms with E-state index in [9.17, 15) is 21.6 Å². The Morgan fingerprint density at radius 3 is 2.65 bits per heavy atom. The molecule has 14 heteroatoms. The second-order valence-corrected chi connectivity index (χ2v) is 15.4. The van der Waals surface area contributed by atoms with E-state index in [-0.39, 0.29) is 33.2 Å². The molecule has 2 atom stereocenters. The third-order valence-corrected chi connectivity index (χ3v) is 12.3. The Labute approximate surface area is 251 Å². The molecule has 0 radical (unpaired) electrons. The van der Waals surface area contributed by atoms with Gasteiger partial charge in [-0.1, -0.05) is 0 Å². The topological polar surface area (TPSA) is 99.7 Å². The van der Waals surface area contributed by atoms with Crippen LogP contribution in [0.4, 0.5) is 30.5 Å². The number of ether oxygens (including phenoxy) is 1. The normalized spacial score (nSPS) is 25.4. The quantitative estimate of drug-likeness (QED) is 0.410. The summed E-state index contributed by atoms with van der Waals surface area (Å²) < 4.78 is 74.2. The van der Waals surface area contributed by atoms with E-state index in [1.807, 2.05) is 11.0 Å². The molecule has 6 heterocycles. The average Bonchev–Trinajstić information content (AvgIpc) is 3.37. The van der Waals surface area contributed by atoms with Crippen LogP contribution in [0.15, 0.2) is 35.4 Å². The SMILES string of the molecule is O=S1(=O)CCN(C2COC2)Cc2sc(-c3nc(Nc4ccc(N5C[C@H]6C[C@@H]5CN6)cc4C4CC4)ncc3C(F)(F)F)cc21. The van der Waals surface area contributed by atoms with Gasteiger partial charge in [0.05, 0.1) is 40.5 Å². The molecule has 2 N–H and O–H groups in total. The number of thiophene rings is 1. The van der Waals surface area contributed by atoms with Gasteiger partial charge < -0.3 is 20.3 Å². The minimum Gasteiger partial charge on any atom is -0.378 e. The van der Waals surface area contributed by atoms with Crippen molar-refractivity contribution in [2.75, 3.05) is 48.8 Å². The molecule has 3 saturated heterocycles. The van der Waals surface area contributed by atoms with E-state index in [0.29, 0.717) is 49.2 Å². The molecule has 1 saturated carbocycles. The van der Waals surface area contributed by atoms with Crippen LogP contribution in [-0.4, -0.2) is 80.0 Å². The number of halogens is 3. The zero-order valence-electron chi connectivity index (χ0n) is 23.2.